The monoisotopic (exact) mass is 250 g/mol. The summed E-state index contributed by atoms with van der Waals surface area (Å²) in [5, 5.41) is 10.5. The number of nitro groups is 1. The number of nitro benzene ring substituents is 1. The van der Waals surface area contributed by atoms with Gasteiger partial charge in [-0.2, -0.15) is 0 Å². The van der Waals surface area contributed by atoms with E-state index in [1.807, 2.05) is 0 Å². The molecular weight excluding hydrogens is 245 g/mol. The molecule has 0 radical (unpaired) electrons. The van der Waals surface area contributed by atoms with E-state index < -0.39 is 34.2 Å². The van der Waals surface area contributed by atoms with Crippen molar-refractivity contribution in [2.45, 2.75) is 6.36 Å². The molecule has 0 bridgehead atoms. The van der Waals surface area contributed by atoms with Gasteiger partial charge in [0, 0.05) is 6.07 Å². The standard InChI is InChI=1S/C8H5F3N2O4/c9-8(10,11)17-6-4(7(12)14)2-1-3-5(6)13(15)16/h1-3H,(H2,12,14). The van der Waals surface area contributed by atoms with Crippen molar-refractivity contribution in [2.24, 2.45) is 5.73 Å². The van der Waals surface area contributed by atoms with E-state index in [4.69, 9.17) is 5.73 Å². The summed E-state index contributed by atoms with van der Waals surface area (Å²) < 4.78 is 39.5. The minimum Gasteiger partial charge on any atom is -0.398 e. The Morgan fingerprint density at radius 1 is 1.41 bits per heavy atom. The molecule has 1 aromatic rings. The molecule has 6 nitrogen and oxygen atoms in total. The van der Waals surface area contributed by atoms with Crippen LogP contribution in [-0.2, 0) is 0 Å². The van der Waals surface area contributed by atoms with Crippen molar-refractivity contribution in [2.75, 3.05) is 0 Å². The zero-order valence-electron chi connectivity index (χ0n) is 8.02. The number of halogens is 3. The maximum Gasteiger partial charge on any atom is 0.573 e. The molecule has 0 aliphatic rings. The first kappa shape index (κ1) is 12.7. The Morgan fingerprint density at radius 3 is 2.41 bits per heavy atom. The van der Waals surface area contributed by atoms with Crippen LogP contribution in [0.4, 0.5) is 18.9 Å². The molecule has 0 atom stereocenters. The van der Waals surface area contributed by atoms with E-state index in [0.717, 1.165) is 18.2 Å². The van der Waals surface area contributed by atoms with Gasteiger partial charge in [-0.25, -0.2) is 0 Å². The number of hydrogen-bond acceptors (Lipinski definition) is 4. The van der Waals surface area contributed by atoms with E-state index in [0.29, 0.717) is 0 Å². The third-order valence-corrected chi connectivity index (χ3v) is 1.67. The molecule has 0 heterocycles. The summed E-state index contributed by atoms with van der Waals surface area (Å²) in [5.74, 6) is -2.47. The maximum atomic E-state index is 12.0. The summed E-state index contributed by atoms with van der Waals surface area (Å²) in [6.45, 7) is 0. The van der Waals surface area contributed by atoms with Crippen molar-refractivity contribution in [3.8, 4) is 5.75 Å². The molecule has 0 fully saturated rings. The van der Waals surface area contributed by atoms with Crippen LogP contribution >= 0.6 is 0 Å². The SMILES string of the molecule is NC(=O)c1cccc([N+](=O)[O-])c1OC(F)(F)F. The lowest BCUT2D eigenvalue weighted by atomic mass is 10.1. The highest BCUT2D eigenvalue weighted by Crippen LogP contribution is 2.34. The molecule has 0 aliphatic heterocycles. The number of carbonyl (C=O) groups excluding carboxylic acids is 1. The topological polar surface area (TPSA) is 95.5 Å². The molecule has 92 valence electrons. The number of benzene rings is 1. The summed E-state index contributed by atoms with van der Waals surface area (Å²) in [4.78, 5) is 20.2. The Labute approximate surface area is 91.9 Å². The van der Waals surface area contributed by atoms with Crippen LogP contribution in [0, 0.1) is 10.1 Å². The molecule has 1 rings (SSSR count). The van der Waals surface area contributed by atoms with Crippen LogP contribution in [0.2, 0.25) is 0 Å². The van der Waals surface area contributed by atoms with E-state index in [1.165, 1.54) is 0 Å². The normalized spacial score (nSPS) is 11.0. The van der Waals surface area contributed by atoms with Crippen molar-refractivity contribution >= 4 is 11.6 Å². The number of nitrogens with zero attached hydrogens (tertiary/aromatic N) is 1. The summed E-state index contributed by atoms with van der Waals surface area (Å²) in [7, 11) is 0. The van der Waals surface area contributed by atoms with Gasteiger partial charge in [0.2, 0.25) is 5.75 Å². The second-order valence-corrected chi connectivity index (χ2v) is 2.82. The minimum atomic E-state index is -5.16. The molecule has 17 heavy (non-hydrogen) atoms. The molecule has 1 amide bonds. The Morgan fingerprint density at radius 2 is 2.00 bits per heavy atom. The van der Waals surface area contributed by atoms with Gasteiger partial charge >= 0.3 is 12.0 Å². The largest absolute Gasteiger partial charge is 0.573 e. The molecule has 9 heteroatoms. The predicted octanol–water partition coefficient (Wildman–Crippen LogP) is 1.59. The molecular formula is C8H5F3N2O4. The number of rotatable bonds is 3. The zero-order valence-corrected chi connectivity index (χ0v) is 8.02. The Kier molecular flexibility index (Phi) is 3.21. The highest BCUT2D eigenvalue weighted by atomic mass is 19.4. The summed E-state index contributed by atoms with van der Waals surface area (Å²) >= 11 is 0. The van der Waals surface area contributed by atoms with Gasteiger partial charge in [0.25, 0.3) is 5.91 Å². The third kappa shape index (κ3) is 3.06. The summed E-state index contributed by atoms with van der Waals surface area (Å²) in [6, 6.07) is 2.70. The molecule has 2 N–H and O–H groups in total. The lowest BCUT2D eigenvalue weighted by Crippen LogP contribution is -2.21. The second kappa shape index (κ2) is 4.28. The zero-order chi connectivity index (χ0) is 13.2. The van der Waals surface area contributed by atoms with Crippen molar-refractivity contribution < 1.29 is 27.6 Å². The molecule has 0 spiro atoms. The fraction of sp³-hybridized carbons (Fsp3) is 0.125. The highest BCUT2D eigenvalue weighted by molar-refractivity contribution is 5.97. The van der Waals surface area contributed by atoms with Crippen LogP contribution in [0.25, 0.3) is 0 Å². The average Bonchev–Trinajstić information content (AvgIpc) is 2.14. The molecule has 0 saturated carbocycles. The van der Waals surface area contributed by atoms with Crippen molar-refractivity contribution in [1.29, 1.82) is 0 Å². The van der Waals surface area contributed by atoms with E-state index >= 15 is 0 Å². The van der Waals surface area contributed by atoms with Crippen LogP contribution in [0.1, 0.15) is 10.4 Å². The Balaban J connectivity index is 3.39. The fourth-order valence-corrected chi connectivity index (χ4v) is 1.09. The fourth-order valence-electron chi connectivity index (χ4n) is 1.09. The van der Waals surface area contributed by atoms with Crippen LogP contribution in [-0.4, -0.2) is 17.2 Å². The van der Waals surface area contributed by atoms with Gasteiger partial charge in [-0.1, -0.05) is 6.07 Å². The number of carbonyl (C=O) groups is 1. The van der Waals surface area contributed by atoms with Crippen molar-refractivity contribution in [1.82, 2.24) is 0 Å². The summed E-state index contributed by atoms with van der Waals surface area (Å²) in [5.41, 5.74) is 3.09. The van der Waals surface area contributed by atoms with Gasteiger partial charge < -0.3 is 10.5 Å². The maximum absolute atomic E-state index is 12.0. The summed E-state index contributed by atoms with van der Waals surface area (Å²) in [6.07, 6.45) is -5.16. The molecule has 0 aliphatic carbocycles. The minimum absolute atomic E-state index is 0.712. The predicted molar refractivity (Wildman–Crippen MR) is 48.3 cm³/mol. The molecule has 1 aromatic carbocycles. The van der Waals surface area contributed by atoms with E-state index in [9.17, 15) is 28.1 Å². The number of hydrogen-bond donors (Lipinski definition) is 1. The van der Waals surface area contributed by atoms with Gasteiger partial charge in [0.15, 0.2) is 0 Å². The number of primary amides is 1. The number of nitrogens with two attached hydrogens (primary N) is 1. The van der Waals surface area contributed by atoms with Gasteiger partial charge in [0.1, 0.15) is 0 Å². The van der Waals surface area contributed by atoms with Crippen LogP contribution in [0.15, 0.2) is 18.2 Å². The van der Waals surface area contributed by atoms with E-state index in [-0.39, 0.29) is 0 Å². The lowest BCUT2D eigenvalue weighted by Gasteiger charge is -2.11. The van der Waals surface area contributed by atoms with Gasteiger partial charge in [-0.15, -0.1) is 13.2 Å². The number of alkyl halides is 3. The number of amides is 1. The Bertz CT molecular complexity index is 440. The van der Waals surface area contributed by atoms with Crippen LogP contribution < -0.4 is 10.5 Å². The van der Waals surface area contributed by atoms with Crippen molar-refractivity contribution in [3.63, 3.8) is 0 Å². The average molecular weight is 250 g/mol. The molecule has 0 saturated heterocycles. The van der Waals surface area contributed by atoms with Crippen LogP contribution in [0.3, 0.4) is 0 Å². The molecule has 0 aromatic heterocycles. The van der Waals surface area contributed by atoms with Gasteiger partial charge in [-0.05, 0) is 6.07 Å². The Hall–Kier alpha value is -2.32. The second-order valence-electron chi connectivity index (χ2n) is 2.82. The van der Waals surface area contributed by atoms with Crippen molar-refractivity contribution in [3.05, 3.63) is 33.9 Å². The highest BCUT2D eigenvalue weighted by Gasteiger charge is 2.36. The lowest BCUT2D eigenvalue weighted by molar-refractivity contribution is -0.388. The number of para-hydroxylation sites is 1. The van der Waals surface area contributed by atoms with Gasteiger partial charge in [-0.3, -0.25) is 14.9 Å². The first-order valence-corrected chi connectivity index (χ1v) is 4.05. The van der Waals surface area contributed by atoms with Crippen LogP contribution in [0.5, 0.6) is 5.75 Å². The first-order valence-electron chi connectivity index (χ1n) is 4.05. The first-order chi connectivity index (χ1) is 7.72. The van der Waals surface area contributed by atoms with Gasteiger partial charge in [0.05, 0.1) is 10.5 Å². The smallest absolute Gasteiger partial charge is 0.398 e. The number of ether oxygens (including phenoxy) is 1. The quantitative estimate of drug-likeness (QED) is 0.650. The molecule has 0 unspecified atom stereocenters. The van der Waals surface area contributed by atoms with E-state index in [2.05, 4.69) is 4.74 Å². The van der Waals surface area contributed by atoms with E-state index in [1.54, 1.807) is 0 Å². The third-order valence-electron chi connectivity index (χ3n) is 1.67.